The van der Waals surface area contributed by atoms with Crippen LogP contribution < -0.4 is 37.1 Å². The van der Waals surface area contributed by atoms with Crippen LogP contribution in [0.1, 0.15) is 97.0 Å². The van der Waals surface area contributed by atoms with E-state index < -0.39 is 187 Å². The summed E-state index contributed by atoms with van der Waals surface area (Å²) in [6, 6.07) is -1.90. The van der Waals surface area contributed by atoms with Gasteiger partial charge in [-0.25, -0.2) is 0 Å². The Hall–Kier alpha value is -7.23. The van der Waals surface area contributed by atoms with E-state index in [1.807, 2.05) is 0 Å². The topological polar surface area (TPSA) is 400 Å². The zero-order chi connectivity index (χ0) is 58.5. The fourth-order valence-corrected chi connectivity index (χ4v) is 11.6. The van der Waals surface area contributed by atoms with Crippen molar-refractivity contribution >= 4 is 92.4 Å². The molecule has 0 spiro atoms. The number of fused-ring (bicyclic) bond motifs is 5. The lowest BCUT2D eigenvalue weighted by Crippen LogP contribution is -2.56. The summed E-state index contributed by atoms with van der Waals surface area (Å²) in [5.74, 6) is -15.4. The van der Waals surface area contributed by atoms with Crippen molar-refractivity contribution in [1.82, 2.24) is 41.4 Å². The number of amides is 9. The normalized spacial score (nSPS) is 26.2. The summed E-state index contributed by atoms with van der Waals surface area (Å²) < 4.78 is 20.7. The van der Waals surface area contributed by atoms with E-state index in [4.69, 9.17) is 10.5 Å². The van der Waals surface area contributed by atoms with Gasteiger partial charge in [-0.05, 0) is 42.9 Å². The minimum atomic E-state index is -2.40. The van der Waals surface area contributed by atoms with Crippen molar-refractivity contribution in [3.63, 3.8) is 0 Å². The Morgan fingerprint density at radius 1 is 0.825 bits per heavy atom. The van der Waals surface area contributed by atoms with Crippen molar-refractivity contribution in [3.05, 3.63) is 35.9 Å². The zero-order valence-electron chi connectivity index (χ0n) is 44.8. The number of carbonyl (C=O) groups is 12. The van der Waals surface area contributed by atoms with Crippen LogP contribution in [-0.4, -0.2) is 180 Å². The number of rotatable bonds is 16. The van der Waals surface area contributed by atoms with Crippen molar-refractivity contribution in [2.24, 2.45) is 29.4 Å². The fourth-order valence-electron chi connectivity index (χ4n) is 10.2. The van der Waals surface area contributed by atoms with E-state index in [1.54, 1.807) is 13.8 Å². The molecular weight excluding hydrogens is 1070 g/mol. The second kappa shape index (κ2) is 28.3. The number of aliphatic hydroxyl groups is 3. The first-order valence-electron chi connectivity index (χ1n) is 26.8. The standard InChI is InChI=1S/C53H71N9O17S/c1-4-27(2)47-51(76)56-22-42(69)57-36-26-80(78)52-34(33-12-11-32(21-35(33)58-52)79-46(73)10-8-6-5-7-9-15-61-44(71)13-14-45(61)72)16-29(49(74)55-23-43(70)59-47)17-39(66)48(28(3)40(67)25-63)60-50(75)37-20-31(64)24-62(37)53(77)30(18-38(36)65)19-41(54)68/h11-14,21,27-31,36-37,40,47-48,58,63-64,67H,4-10,15-20,22-26H2,1-3H3,(H2,54,68)(H,55,74)(H,56,76)(H,57,69)(H,59,70)(H,60,75)/t27-,28-,29-,30-,31+,36-,37-,40-,47-,48-,80?/m0/s1. The molecule has 1 fully saturated rings. The molecule has 1 saturated heterocycles. The van der Waals surface area contributed by atoms with E-state index in [0.29, 0.717) is 38.5 Å². The number of aromatic nitrogens is 1. The highest BCUT2D eigenvalue weighted by Gasteiger charge is 2.45. The Balaban J connectivity index is 1.42. The van der Waals surface area contributed by atoms with Crippen LogP contribution in [0.2, 0.25) is 0 Å². The number of primary amides is 1. The summed E-state index contributed by atoms with van der Waals surface area (Å²) in [6.45, 7) is 2.14. The zero-order valence-corrected chi connectivity index (χ0v) is 45.6. The van der Waals surface area contributed by atoms with Gasteiger partial charge in [-0.1, -0.05) is 46.5 Å². The molecule has 436 valence electrons. The van der Waals surface area contributed by atoms with E-state index >= 15 is 4.21 Å². The number of nitrogens with zero attached hydrogens (tertiary/aromatic N) is 2. The number of imide groups is 1. The summed E-state index contributed by atoms with van der Waals surface area (Å²) in [5, 5.41) is 44.5. The Morgan fingerprint density at radius 2 is 1.49 bits per heavy atom. The number of Topliss-reactive ketones (excluding diaryl/α,β-unsaturated/α-hetero) is 2. The maximum atomic E-state index is 15.0. The van der Waals surface area contributed by atoms with Gasteiger partial charge in [-0.3, -0.25) is 66.6 Å². The van der Waals surface area contributed by atoms with Gasteiger partial charge < -0.3 is 62.3 Å². The van der Waals surface area contributed by atoms with Crippen molar-refractivity contribution < 1.29 is 81.8 Å². The maximum absolute atomic E-state index is 15.0. The Morgan fingerprint density at radius 3 is 2.16 bits per heavy atom. The number of hydrogen-bond acceptors (Lipinski definition) is 17. The third-order valence-corrected chi connectivity index (χ3v) is 16.4. The molecule has 4 aliphatic heterocycles. The van der Waals surface area contributed by atoms with E-state index in [2.05, 4.69) is 31.6 Å². The molecule has 9 amide bonds. The summed E-state index contributed by atoms with van der Waals surface area (Å²) in [7, 11) is -2.40. The quantitative estimate of drug-likeness (QED) is 0.0367. The van der Waals surface area contributed by atoms with E-state index in [-0.39, 0.29) is 58.4 Å². The van der Waals surface area contributed by atoms with Gasteiger partial charge in [-0.2, -0.15) is 0 Å². The lowest BCUT2D eigenvalue weighted by Gasteiger charge is -2.32. The predicted molar refractivity (Wildman–Crippen MR) is 282 cm³/mol. The molecule has 27 heteroatoms. The van der Waals surface area contributed by atoms with Crippen LogP contribution in [0.3, 0.4) is 0 Å². The number of esters is 1. The molecule has 1 aromatic carbocycles. The number of hydrogen-bond donors (Lipinski definition) is 10. The molecule has 6 rings (SSSR count). The number of nitrogens with two attached hydrogens (primary N) is 1. The lowest BCUT2D eigenvalue weighted by molar-refractivity contribution is -0.145. The average Bonchev–Trinajstić information content (AvgIpc) is 4.13. The molecule has 0 saturated carbocycles. The first-order chi connectivity index (χ1) is 38.0. The number of nitrogens with one attached hydrogen (secondary N) is 6. The third-order valence-electron chi connectivity index (χ3n) is 15.0. The fraction of sp³-hybridized carbons (Fsp3) is 0.585. The summed E-state index contributed by atoms with van der Waals surface area (Å²) in [6.07, 6.45) is -0.288. The molecule has 5 heterocycles. The van der Waals surface area contributed by atoms with Gasteiger partial charge >= 0.3 is 5.97 Å². The first-order valence-corrected chi connectivity index (χ1v) is 28.1. The highest BCUT2D eigenvalue weighted by Crippen LogP contribution is 2.33. The molecule has 1 unspecified atom stereocenters. The molecular formula is C53H71N9O17S. The number of aliphatic hydroxyl groups excluding tert-OH is 3. The highest BCUT2D eigenvalue weighted by molar-refractivity contribution is 7.85. The van der Waals surface area contributed by atoms with Gasteiger partial charge in [0.25, 0.3) is 11.8 Å². The Kier molecular flexibility index (Phi) is 21.9. The first kappa shape index (κ1) is 62.0. The van der Waals surface area contributed by atoms with Crippen LogP contribution in [-0.2, 0) is 74.8 Å². The van der Waals surface area contributed by atoms with Crippen LogP contribution in [0.5, 0.6) is 5.75 Å². The molecule has 11 atom stereocenters. The molecule has 0 aliphatic carbocycles. The number of aromatic amines is 1. The SMILES string of the molecule is CC[C@H](C)[C@@H]1NC(=O)CNC(=O)[C@@H]2CC(=O)[C@H]([C@@H](C)[C@@H](O)CO)NC(=O)[C@@H]3C[C@@H](O)CN3C(=O)[C@H](CC(N)=O)CC(=O)[C@H](CS(=O)c3[nH]c4cc(OC(=O)CCCCCCCN5C(=O)C=CC5=O)ccc4c3C2)NC(=O)CNC1=O. The number of carbonyl (C=O) groups excluding carboxylic acids is 12. The monoisotopic (exact) mass is 1140 g/mol. The molecule has 11 N–H and O–H groups in total. The van der Waals surface area contributed by atoms with Gasteiger partial charge in [0.15, 0.2) is 11.6 Å². The minimum Gasteiger partial charge on any atom is -0.426 e. The summed E-state index contributed by atoms with van der Waals surface area (Å²) in [4.78, 5) is 168. The Labute approximate surface area is 462 Å². The third kappa shape index (κ3) is 16.0. The number of ether oxygens (including phenoxy) is 1. The molecule has 4 aliphatic rings. The molecule has 26 nitrogen and oxygen atoms in total. The van der Waals surface area contributed by atoms with E-state index in [1.165, 1.54) is 37.3 Å². The van der Waals surface area contributed by atoms with Crippen molar-refractivity contribution in [1.29, 1.82) is 0 Å². The number of unbranched alkanes of at least 4 members (excludes halogenated alkanes) is 4. The number of ketones is 2. The van der Waals surface area contributed by atoms with Crippen molar-refractivity contribution in [3.8, 4) is 5.75 Å². The van der Waals surface area contributed by atoms with E-state index in [9.17, 15) is 72.9 Å². The lowest BCUT2D eigenvalue weighted by atomic mass is 9.85. The van der Waals surface area contributed by atoms with Crippen LogP contribution in [0.25, 0.3) is 10.9 Å². The molecule has 1 aromatic heterocycles. The van der Waals surface area contributed by atoms with Crippen LogP contribution >= 0.6 is 0 Å². The van der Waals surface area contributed by atoms with Gasteiger partial charge in [0.2, 0.25) is 41.4 Å². The molecule has 80 heavy (non-hydrogen) atoms. The van der Waals surface area contributed by atoms with Gasteiger partial charge in [0.1, 0.15) is 22.9 Å². The van der Waals surface area contributed by atoms with Crippen LogP contribution in [0.4, 0.5) is 0 Å². The second-order valence-corrected chi connectivity index (χ2v) is 22.3. The largest absolute Gasteiger partial charge is 0.426 e. The number of benzene rings is 1. The van der Waals surface area contributed by atoms with Crippen LogP contribution in [0.15, 0.2) is 35.4 Å². The maximum Gasteiger partial charge on any atom is 0.311 e. The average molecular weight is 1140 g/mol. The summed E-state index contributed by atoms with van der Waals surface area (Å²) in [5.41, 5.74) is 5.89. The van der Waals surface area contributed by atoms with E-state index in [0.717, 1.165) is 9.80 Å². The van der Waals surface area contributed by atoms with Gasteiger partial charge in [-0.15, -0.1) is 0 Å². The van der Waals surface area contributed by atoms with Crippen LogP contribution in [0, 0.1) is 23.7 Å². The molecule has 2 aromatic rings. The minimum absolute atomic E-state index is 0.0180. The van der Waals surface area contributed by atoms with Gasteiger partial charge in [0, 0.05) is 80.6 Å². The summed E-state index contributed by atoms with van der Waals surface area (Å²) >= 11 is 0. The van der Waals surface area contributed by atoms with Crippen molar-refractivity contribution in [2.45, 2.75) is 139 Å². The number of H-pyrrole nitrogens is 1. The predicted octanol–water partition coefficient (Wildman–Crippen LogP) is -2.27. The Bertz CT molecular complexity index is 2780. The highest BCUT2D eigenvalue weighted by atomic mass is 32.2. The van der Waals surface area contributed by atoms with Gasteiger partial charge in [0.05, 0.1) is 72.0 Å². The smallest absolute Gasteiger partial charge is 0.311 e. The molecule has 0 radical (unpaired) electrons. The second-order valence-electron chi connectivity index (χ2n) is 20.9. The molecule has 2 bridgehead atoms. The van der Waals surface area contributed by atoms with Crippen molar-refractivity contribution in [2.75, 3.05) is 38.5 Å².